The summed E-state index contributed by atoms with van der Waals surface area (Å²) in [5.74, 6) is -1.20. The molecule has 33 heavy (non-hydrogen) atoms. The van der Waals surface area contributed by atoms with Gasteiger partial charge in [0.15, 0.2) is 18.1 Å². The summed E-state index contributed by atoms with van der Waals surface area (Å²) in [7, 11) is 0. The molecular weight excluding hydrogens is 541 g/mol. The molecule has 1 aliphatic heterocycles. The standard InChI is InChI=1S/C23H22IN3O6/c1-4-32-18-10-14(8-15-21(29)26-23(31)27-22(15)30)9-16(24)20(18)33-11-19(28)25-17-6-5-12(2)7-13(17)3/h5-10H,4,11H2,1-3H3,(H,25,28)(H2,26,27,29,30,31). The zero-order valence-corrected chi connectivity index (χ0v) is 20.4. The maximum absolute atomic E-state index is 12.4. The first-order chi connectivity index (χ1) is 15.7. The van der Waals surface area contributed by atoms with Crippen LogP contribution < -0.4 is 25.4 Å². The van der Waals surface area contributed by atoms with Crippen LogP contribution in [0, 0.1) is 17.4 Å². The van der Waals surface area contributed by atoms with Crippen molar-refractivity contribution in [2.75, 3.05) is 18.5 Å². The van der Waals surface area contributed by atoms with E-state index in [4.69, 9.17) is 9.47 Å². The molecule has 0 bridgehead atoms. The molecule has 0 radical (unpaired) electrons. The molecule has 0 aromatic heterocycles. The first kappa shape index (κ1) is 24.2. The molecule has 1 heterocycles. The van der Waals surface area contributed by atoms with Gasteiger partial charge in [0.25, 0.3) is 17.7 Å². The maximum atomic E-state index is 12.4. The number of ether oxygens (including phenoxy) is 2. The SMILES string of the molecule is CCOc1cc(C=C2C(=O)NC(=O)NC2=O)cc(I)c1OCC(=O)Nc1ccc(C)cc1C. The predicted molar refractivity (Wildman–Crippen MR) is 130 cm³/mol. The Bertz CT molecular complexity index is 1150. The van der Waals surface area contributed by atoms with Gasteiger partial charge in [-0.15, -0.1) is 0 Å². The van der Waals surface area contributed by atoms with Crippen LogP contribution in [0.3, 0.4) is 0 Å². The molecule has 3 N–H and O–H groups in total. The van der Waals surface area contributed by atoms with Crippen molar-refractivity contribution in [2.24, 2.45) is 0 Å². The van der Waals surface area contributed by atoms with Crippen LogP contribution in [0.2, 0.25) is 0 Å². The van der Waals surface area contributed by atoms with Crippen molar-refractivity contribution in [2.45, 2.75) is 20.8 Å². The Labute approximate surface area is 204 Å². The van der Waals surface area contributed by atoms with Crippen LogP contribution in [0.15, 0.2) is 35.9 Å². The van der Waals surface area contributed by atoms with Gasteiger partial charge in [-0.1, -0.05) is 17.7 Å². The third-order valence-corrected chi connectivity index (χ3v) is 5.39. The molecule has 1 saturated heterocycles. The summed E-state index contributed by atoms with van der Waals surface area (Å²) in [6.07, 6.45) is 1.35. The predicted octanol–water partition coefficient (Wildman–Crippen LogP) is 3.07. The van der Waals surface area contributed by atoms with Gasteiger partial charge in [-0.2, -0.15) is 0 Å². The lowest BCUT2D eigenvalue weighted by Gasteiger charge is -2.16. The summed E-state index contributed by atoms with van der Waals surface area (Å²) >= 11 is 2.02. The van der Waals surface area contributed by atoms with Crippen molar-refractivity contribution in [3.8, 4) is 11.5 Å². The van der Waals surface area contributed by atoms with Crippen LogP contribution >= 0.6 is 22.6 Å². The Balaban J connectivity index is 1.79. The number of amides is 5. The van der Waals surface area contributed by atoms with Crippen molar-refractivity contribution < 1.29 is 28.7 Å². The number of barbiturate groups is 1. The molecule has 1 fully saturated rings. The first-order valence-corrected chi connectivity index (χ1v) is 11.1. The largest absolute Gasteiger partial charge is 0.490 e. The highest BCUT2D eigenvalue weighted by atomic mass is 127. The number of rotatable bonds is 7. The summed E-state index contributed by atoms with van der Waals surface area (Å²) in [5, 5.41) is 6.87. The van der Waals surface area contributed by atoms with E-state index < -0.39 is 17.8 Å². The molecule has 2 aromatic rings. The lowest BCUT2D eigenvalue weighted by Crippen LogP contribution is -2.51. The second-order valence-electron chi connectivity index (χ2n) is 7.21. The topological polar surface area (TPSA) is 123 Å². The van der Waals surface area contributed by atoms with Gasteiger partial charge in [0.1, 0.15) is 5.57 Å². The number of hydrogen-bond donors (Lipinski definition) is 3. The van der Waals surface area contributed by atoms with Crippen LogP contribution in [0.5, 0.6) is 11.5 Å². The van der Waals surface area contributed by atoms with Crippen molar-refractivity contribution in [3.63, 3.8) is 0 Å². The zero-order valence-electron chi connectivity index (χ0n) is 18.2. The second-order valence-corrected chi connectivity index (χ2v) is 8.38. The van der Waals surface area contributed by atoms with Crippen molar-refractivity contribution >= 4 is 58.1 Å². The Hall–Kier alpha value is -3.41. The fraction of sp³-hybridized carbons (Fsp3) is 0.217. The molecule has 2 aromatic carbocycles. The van der Waals surface area contributed by atoms with Gasteiger partial charge < -0.3 is 14.8 Å². The molecule has 0 spiro atoms. The fourth-order valence-corrected chi connectivity index (χ4v) is 3.91. The summed E-state index contributed by atoms with van der Waals surface area (Å²) in [4.78, 5) is 47.6. The van der Waals surface area contributed by atoms with E-state index in [0.29, 0.717) is 32.9 Å². The first-order valence-electron chi connectivity index (χ1n) is 10.0. The highest BCUT2D eigenvalue weighted by molar-refractivity contribution is 14.1. The number of carbonyl (C=O) groups excluding carboxylic acids is 4. The average molecular weight is 563 g/mol. The molecule has 9 nitrogen and oxygen atoms in total. The number of carbonyl (C=O) groups is 4. The van der Waals surface area contributed by atoms with Crippen LogP contribution in [-0.4, -0.2) is 37.0 Å². The molecule has 0 aliphatic carbocycles. The van der Waals surface area contributed by atoms with E-state index in [1.807, 2.05) is 65.3 Å². The normalized spacial score (nSPS) is 13.2. The van der Waals surface area contributed by atoms with Gasteiger partial charge in [-0.3, -0.25) is 25.0 Å². The number of urea groups is 1. The highest BCUT2D eigenvalue weighted by Crippen LogP contribution is 2.35. The van der Waals surface area contributed by atoms with E-state index in [-0.39, 0.29) is 18.1 Å². The molecule has 1 aliphatic rings. The lowest BCUT2D eigenvalue weighted by atomic mass is 10.1. The van der Waals surface area contributed by atoms with E-state index >= 15 is 0 Å². The molecular formula is C23H22IN3O6. The van der Waals surface area contributed by atoms with Crippen LogP contribution in [0.25, 0.3) is 6.08 Å². The van der Waals surface area contributed by atoms with E-state index in [2.05, 4.69) is 5.32 Å². The van der Waals surface area contributed by atoms with E-state index in [1.54, 1.807) is 19.1 Å². The van der Waals surface area contributed by atoms with Gasteiger partial charge in [0, 0.05) is 5.69 Å². The second kappa shape index (κ2) is 10.5. The Kier molecular flexibility index (Phi) is 7.69. The Morgan fingerprint density at radius 1 is 1.06 bits per heavy atom. The minimum atomic E-state index is -0.866. The van der Waals surface area contributed by atoms with Gasteiger partial charge >= 0.3 is 6.03 Å². The number of imide groups is 2. The number of hydrogen-bond acceptors (Lipinski definition) is 6. The lowest BCUT2D eigenvalue weighted by molar-refractivity contribution is -0.124. The van der Waals surface area contributed by atoms with E-state index in [1.165, 1.54) is 6.08 Å². The summed E-state index contributed by atoms with van der Waals surface area (Å²) in [6.45, 7) is 5.77. The minimum absolute atomic E-state index is 0.214. The summed E-state index contributed by atoms with van der Waals surface area (Å²) < 4.78 is 12.0. The van der Waals surface area contributed by atoms with Crippen molar-refractivity contribution in [3.05, 3.63) is 56.2 Å². The van der Waals surface area contributed by atoms with Crippen molar-refractivity contribution in [1.82, 2.24) is 10.6 Å². The Morgan fingerprint density at radius 3 is 2.39 bits per heavy atom. The number of anilines is 1. The van der Waals surface area contributed by atoms with Gasteiger partial charge in [0.05, 0.1) is 10.2 Å². The quantitative estimate of drug-likeness (QED) is 0.271. The molecule has 0 atom stereocenters. The zero-order chi connectivity index (χ0) is 24.1. The third kappa shape index (κ3) is 6.09. The molecule has 172 valence electrons. The monoisotopic (exact) mass is 563 g/mol. The number of nitrogens with one attached hydrogen (secondary N) is 3. The molecule has 10 heteroatoms. The number of halogens is 1. The molecule has 0 unspecified atom stereocenters. The molecule has 3 rings (SSSR count). The third-order valence-electron chi connectivity index (χ3n) is 4.59. The van der Waals surface area contributed by atoms with Crippen LogP contribution in [0.4, 0.5) is 10.5 Å². The maximum Gasteiger partial charge on any atom is 0.328 e. The van der Waals surface area contributed by atoms with Crippen LogP contribution in [-0.2, 0) is 14.4 Å². The van der Waals surface area contributed by atoms with E-state index in [9.17, 15) is 19.2 Å². The van der Waals surface area contributed by atoms with Crippen molar-refractivity contribution in [1.29, 1.82) is 0 Å². The van der Waals surface area contributed by atoms with Gasteiger partial charge in [-0.05, 0) is 78.8 Å². The van der Waals surface area contributed by atoms with E-state index in [0.717, 1.165) is 11.1 Å². The van der Waals surface area contributed by atoms with Gasteiger partial charge in [-0.25, -0.2) is 4.79 Å². The highest BCUT2D eigenvalue weighted by Gasteiger charge is 2.28. The van der Waals surface area contributed by atoms with Crippen LogP contribution in [0.1, 0.15) is 23.6 Å². The smallest absolute Gasteiger partial charge is 0.328 e. The minimum Gasteiger partial charge on any atom is -0.490 e. The number of benzene rings is 2. The summed E-state index contributed by atoms with van der Waals surface area (Å²) in [6, 6.07) is 8.12. The average Bonchev–Trinajstić information content (AvgIpc) is 2.72. The Morgan fingerprint density at radius 2 is 1.76 bits per heavy atom. The molecule has 0 saturated carbocycles. The molecule has 5 amide bonds. The van der Waals surface area contributed by atoms with Gasteiger partial charge in [0.2, 0.25) is 0 Å². The summed E-state index contributed by atoms with van der Waals surface area (Å²) in [5.41, 5.74) is 3.03. The fourth-order valence-electron chi connectivity index (χ4n) is 3.13. The number of aryl methyl sites for hydroxylation is 2.